The van der Waals surface area contributed by atoms with Gasteiger partial charge >= 0.3 is 0 Å². The summed E-state index contributed by atoms with van der Waals surface area (Å²) in [5.41, 5.74) is 0.949. The Kier molecular flexibility index (Phi) is 4.52. The molecule has 0 saturated heterocycles. The molecule has 0 aliphatic carbocycles. The highest BCUT2D eigenvalue weighted by Gasteiger charge is 2.25. The molecule has 0 aliphatic rings. The first-order valence-corrected chi connectivity index (χ1v) is 7.45. The van der Waals surface area contributed by atoms with Gasteiger partial charge in [-0.25, -0.2) is 4.98 Å². The maximum absolute atomic E-state index is 13.7. The van der Waals surface area contributed by atoms with Crippen LogP contribution >= 0.6 is 31.9 Å². The minimum Gasteiger partial charge on any atom is -0.318 e. The van der Waals surface area contributed by atoms with Crippen molar-refractivity contribution in [2.24, 2.45) is 0 Å². The molecule has 1 atom stereocenters. The number of ketones is 1. The van der Waals surface area contributed by atoms with E-state index >= 15 is 0 Å². The van der Waals surface area contributed by atoms with Gasteiger partial charge in [0.05, 0.1) is 12.4 Å². The molecule has 0 aliphatic heterocycles. The Morgan fingerprint density at radius 2 is 1.95 bits per heavy atom. The van der Waals surface area contributed by atoms with E-state index in [4.69, 9.17) is 0 Å². The predicted molar refractivity (Wildman–Crippen MR) is 78.4 cm³/mol. The normalized spacial score (nSPS) is 12.7. The van der Waals surface area contributed by atoms with Crippen molar-refractivity contribution in [1.82, 2.24) is 9.55 Å². The number of halogens is 3. The van der Waals surface area contributed by atoms with Crippen LogP contribution in [0.2, 0.25) is 0 Å². The van der Waals surface area contributed by atoms with E-state index in [1.165, 1.54) is 6.33 Å². The third kappa shape index (κ3) is 2.95. The third-order valence-electron chi connectivity index (χ3n) is 2.88. The lowest BCUT2D eigenvalue weighted by atomic mass is 10.1. The number of rotatable bonds is 4. The molecule has 19 heavy (non-hydrogen) atoms. The first-order valence-electron chi connectivity index (χ1n) is 5.62. The summed E-state index contributed by atoms with van der Waals surface area (Å²) < 4.78 is 14.6. The molecule has 6 heteroatoms. The molecule has 0 unspecified atom stereocenters. The van der Waals surface area contributed by atoms with Crippen molar-refractivity contribution in [3.63, 3.8) is 0 Å². The quantitative estimate of drug-likeness (QED) is 0.586. The lowest BCUT2D eigenvalue weighted by molar-refractivity contribution is 0.0999. The van der Waals surface area contributed by atoms with Crippen molar-refractivity contribution in [3.8, 4) is 0 Å². The number of hydrogen-bond donors (Lipinski definition) is 0. The molecule has 0 fully saturated rings. The molecular weight excluding hydrogens is 379 g/mol. The molecule has 0 N–H and O–H groups in total. The Balaban J connectivity index is 2.44. The highest BCUT2D eigenvalue weighted by atomic mass is 79.9. The van der Waals surface area contributed by atoms with Crippen molar-refractivity contribution >= 4 is 37.6 Å². The highest BCUT2D eigenvalue weighted by molar-refractivity contribution is 9.25. The van der Waals surface area contributed by atoms with E-state index in [9.17, 15) is 9.18 Å². The lowest BCUT2D eigenvalue weighted by Gasteiger charge is -2.16. The van der Waals surface area contributed by atoms with Crippen molar-refractivity contribution in [3.05, 3.63) is 53.9 Å². The molecule has 1 aromatic carbocycles. The van der Waals surface area contributed by atoms with E-state index in [0.29, 0.717) is 0 Å². The number of benzene rings is 1. The molecule has 0 amide bonds. The SMILES string of the molecule is C[C@H](c1ccccc1)n1cnc(F)c1C(=O)C(Br)Br. The summed E-state index contributed by atoms with van der Waals surface area (Å²) in [6.07, 6.45) is 1.35. The van der Waals surface area contributed by atoms with Crippen molar-refractivity contribution in [2.75, 3.05) is 0 Å². The van der Waals surface area contributed by atoms with Crippen LogP contribution in [0.1, 0.15) is 29.0 Å². The fourth-order valence-electron chi connectivity index (χ4n) is 1.86. The first-order chi connectivity index (χ1) is 9.02. The van der Waals surface area contributed by atoms with Gasteiger partial charge in [-0.1, -0.05) is 62.2 Å². The van der Waals surface area contributed by atoms with Crippen LogP contribution in [0.3, 0.4) is 0 Å². The monoisotopic (exact) mass is 388 g/mol. The van der Waals surface area contributed by atoms with E-state index in [2.05, 4.69) is 36.8 Å². The number of carbonyl (C=O) groups is 1. The Morgan fingerprint density at radius 1 is 1.32 bits per heavy atom. The maximum atomic E-state index is 13.7. The second-order valence-electron chi connectivity index (χ2n) is 4.04. The van der Waals surface area contributed by atoms with Crippen LogP contribution in [0.5, 0.6) is 0 Å². The zero-order valence-electron chi connectivity index (χ0n) is 10.1. The van der Waals surface area contributed by atoms with Crippen LogP contribution in [-0.2, 0) is 0 Å². The average Bonchev–Trinajstić information content (AvgIpc) is 2.79. The number of carbonyl (C=O) groups excluding carboxylic acids is 1. The van der Waals surface area contributed by atoms with Crippen molar-refractivity contribution in [2.45, 2.75) is 16.7 Å². The summed E-state index contributed by atoms with van der Waals surface area (Å²) in [7, 11) is 0. The Hall–Kier alpha value is -1.01. The van der Waals surface area contributed by atoms with Crippen LogP contribution in [0, 0.1) is 5.95 Å². The number of nitrogens with zero attached hydrogens (tertiary/aromatic N) is 2. The van der Waals surface area contributed by atoms with Gasteiger partial charge < -0.3 is 4.57 Å². The van der Waals surface area contributed by atoms with Gasteiger partial charge in [0, 0.05) is 0 Å². The molecule has 0 spiro atoms. The number of hydrogen-bond acceptors (Lipinski definition) is 2. The maximum Gasteiger partial charge on any atom is 0.242 e. The third-order valence-corrected chi connectivity index (χ3v) is 3.71. The zero-order valence-corrected chi connectivity index (χ0v) is 13.2. The molecule has 0 bridgehead atoms. The number of aromatic nitrogens is 2. The molecule has 0 saturated carbocycles. The molecule has 2 aromatic rings. The molecule has 0 radical (unpaired) electrons. The van der Waals surface area contributed by atoms with Gasteiger partial charge in [-0.05, 0) is 12.5 Å². The van der Waals surface area contributed by atoms with Gasteiger partial charge in [0.2, 0.25) is 11.7 Å². The topological polar surface area (TPSA) is 34.9 Å². The molecule has 2 rings (SSSR count). The van der Waals surface area contributed by atoms with Crippen LogP contribution in [0.4, 0.5) is 4.39 Å². The van der Waals surface area contributed by atoms with Gasteiger partial charge in [0.15, 0.2) is 0 Å². The molecule has 100 valence electrons. The summed E-state index contributed by atoms with van der Waals surface area (Å²) in [6, 6.07) is 9.39. The highest BCUT2D eigenvalue weighted by Crippen LogP contribution is 2.24. The zero-order chi connectivity index (χ0) is 14.0. The number of Topliss-reactive ketones (excluding diaryl/α,β-unsaturated/α-hetero) is 1. The van der Waals surface area contributed by atoms with Gasteiger partial charge in [-0.3, -0.25) is 4.79 Å². The molecule has 1 aromatic heterocycles. The number of alkyl halides is 2. The molecule has 3 nitrogen and oxygen atoms in total. The van der Waals surface area contributed by atoms with E-state index < -0.39 is 15.5 Å². The number of imidazole rings is 1. The van der Waals surface area contributed by atoms with E-state index in [0.717, 1.165) is 5.56 Å². The smallest absolute Gasteiger partial charge is 0.242 e. The van der Waals surface area contributed by atoms with Crippen molar-refractivity contribution < 1.29 is 9.18 Å². The van der Waals surface area contributed by atoms with Gasteiger partial charge in [0.25, 0.3) is 0 Å². The Bertz CT molecular complexity index is 584. The minimum atomic E-state index is -0.753. The molecular formula is C13H11Br2FN2O. The van der Waals surface area contributed by atoms with Crippen LogP contribution in [0.15, 0.2) is 36.7 Å². The van der Waals surface area contributed by atoms with E-state index in [-0.39, 0.29) is 11.7 Å². The van der Waals surface area contributed by atoms with Crippen LogP contribution in [-0.4, -0.2) is 19.1 Å². The van der Waals surface area contributed by atoms with Crippen molar-refractivity contribution in [1.29, 1.82) is 0 Å². The summed E-state index contributed by atoms with van der Waals surface area (Å²) in [6.45, 7) is 1.89. The second-order valence-corrected chi connectivity index (χ2v) is 7.10. The van der Waals surface area contributed by atoms with Gasteiger partial charge in [-0.2, -0.15) is 4.39 Å². The standard InChI is InChI=1S/C13H11Br2FN2O/c1-8(9-5-3-2-4-6-9)18-7-17-13(16)10(18)11(19)12(14)15/h2-8,12H,1H3/t8-/m1/s1. The van der Waals surface area contributed by atoms with Crippen LogP contribution < -0.4 is 0 Å². The first kappa shape index (κ1) is 14.4. The minimum absolute atomic E-state index is 0.0323. The Morgan fingerprint density at radius 3 is 2.53 bits per heavy atom. The van der Waals surface area contributed by atoms with Gasteiger partial charge in [0.1, 0.15) is 9.43 Å². The Labute approximate surface area is 127 Å². The fraction of sp³-hybridized carbons (Fsp3) is 0.231. The predicted octanol–water partition coefficient (Wildman–Crippen LogP) is 3.93. The largest absolute Gasteiger partial charge is 0.318 e. The van der Waals surface area contributed by atoms with Crippen LogP contribution in [0.25, 0.3) is 0 Å². The van der Waals surface area contributed by atoms with E-state index in [1.807, 2.05) is 37.3 Å². The summed E-state index contributed by atoms with van der Waals surface area (Å²) in [5.74, 6) is -1.14. The second kappa shape index (κ2) is 5.96. The van der Waals surface area contributed by atoms with Gasteiger partial charge in [-0.15, -0.1) is 0 Å². The van der Waals surface area contributed by atoms with E-state index in [1.54, 1.807) is 4.57 Å². The summed E-state index contributed by atoms with van der Waals surface area (Å²) in [4.78, 5) is 15.6. The fourth-order valence-corrected chi connectivity index (χ4v) is 2.29. The lowest BCUT2D eigenvalue weighted by Crippen LogP contribution is -2.18. The summed E-state index contributed by atoms with van der Waals surface area (Å²) >= 11 is 6.19. The average molecular weight is 390 g/mol. The summed E-state index contributed by atoms with van der Waals surface area (Å²) in [5, 5.41) is 0. The molecule has 1 heterocycles.